The van der Waals surface area contributed by atoms with Crippen molar-refractivity contribution in [3.05, 3.63) is 59.3 Å². The van der Waals surface area contributed by atoms with E-state index in [0.717, 1.165) is 61.6 Å². The molecule has 2 aliphatic rings. The van der Waals surface area contributed by atoms with Crippen LogP contribution < -0.4 is 10.2 Å². The van der Waals surface area contributed by atoms with Crippen LogP contribution in [0.1, 0.15) is 23.7 Å². The number of rotatable bonds is 3. The molecule has 0 radical (unpaired) electrons. The van der Waals surface area contributed by atoms with Gasteiger partial charge in [0.05, 0.1) is 6.54 Å². The van der Waals surface area contributed by atoms with Gasteiger partial charge in [0.15, 0.2) is 0 Å². The molecule has 2 aliphatic heterocycles. The number of carbonyl (C=O) groups excluding carboxylic acids is 2. The molecule has 3 heterocycles. The number of para-hydroxylation sites is 1. The van der Waals surface area contributed by atoms with Gasteiger partial charge in [0.25, 0.3) is 0 Å². The van der Waals surface area contributed by atoms with Crippen LogP contribution in [0.4, 0.5) is 24.5 Å². The van der Waals surface area contributed by atoms with E-state index in [1.54, 1.807) is 4.90 Å². The SMILES string of the molecule is CCN1CCN(c2ccc(NC(=O)C(=O)N3CCc4c([nH]c5ccccc45)C3)c(C)c2)CC1.O=C(O)C(F)(F)F. The minimum Gasteiger partial charge on any atom is -0.475 e. The van der Waals surface area contributed by atoms with Crippen molar-refractivity contribution < 1.29 is 32.7 Å². The maximum atomic E-state index is 12.9. The number of hydrogen-bond donors (Lipinski definition) is 3. The number of aromatic nitrogens is 1. The number of aliphatic carboxylic acids is 1. The number of aryl methyl sites for hydroxylation is 1. The Morgan fingerprint density at radius 2 is 1.70 bits per heavy atom. The number of carbonyl (C=O) groups is 3. The predicted molar refractivity (Wildman–Crippen MR) is 145 cm³/mol. The van der Waals surface area contributed by atoms with Crippen LogP contribution in [0.25, 0.3) is 10.9 Å². The third kappa shape index (κ3) is 6.56. The van der Waals surface area contributed by atoms with Crippen molar-refractivity contribution in [2.24, 2.45) is 0 Å². The molecule has 1 fully saturated rings. The number of alkyl halides is 3. The lowest BCUT2D eigenvalue weighted by atomic mass is 10.0. The minimum atomic E-state index is -5.08. The molecule has 2 amide bonds. The third-order valence-corrected chi connectivity index (χ3v) is 7.25. The predicted octanol–water partition coefficient (Wildman–Crippen LogP) is 3.77. The Balaban J connectivity index is 0.000000470. The second-order valence-corrected chi connectivity index (χ2v) is 9.78. The summed E-state index contributed by atoms with van der Waals surface area (Å²) in [6.07, 6.45) is -4.34. The van der Waals surface area contributed by atoms with E-state index in [0.29, 0.717) is 18.8 Å². The van der Waals surface area contributed by atoms with E-state index in [1.165, 1.54) is 10.9 Å². The van der Waals surface area contributed by atoms with E-state index in [1.807, 2.05) is 37.3 Å². The van der Waals surface area contributed by atoms with Crippen LogP contribution >= 0.6 is 0 Å². The van der Waals surface area contributed by atoms with Gasteiger partial charge in [-0.2, -0.15) is 13.2 Å². The summed E-state index contributed by atoms with van der Waals surface area (Å²) >= 11 is 0. The molecule has 40 heavy (non-hydrogen) atoms. The maximum absolute atomic E-state index is 12.9. The molecule has 0 bridgehead atoms. The number of fused-ring (bicyclic) bond motifs is 3. The Kier molecular flexibility index (Phi) is 8.67. The molecule has 0 aliphatic carbocycles. The number of piperazine rings is 1. The summed E-state index contributed by atoms with van der Waals surface area (Å²) in [5.41, 5.74) is 6.16. The molecule has 0 unspecified atom stereocenters. The lowest BCUT2D eigenvalue weighted by Gasteiger charge is -2.35. The quantitative estimate of drug-likeness (QED) is 0.422. The van der Waals surface area contributed by atoms with Gasteiger partial charge in [-0.25, -0.2) is 4.79 Å². The number of carboxylic acid groups (broad SMARTS) is 1. The van der Waals surface area contributed by atoms with Gasteiger partial charge in [-0.1, -0.05) is 25.1 Å². The smallest absolute Gasteiger partial charge is 0.475 e. The van der Waals surface area contributed by atoms with Gasteiger partial charge in [-0.15, -0.1) is 0 Å². The second-order valence-electron chi connectivity index (χ2n) is 9.78. The molecule has 12 heteroatoms. The van der Waals surface area contributed by atoms with Gasteiger partial charge in [-0.3, -0.25) is 9.59 Å². The highest BCUT2D eigenvalue weighted by Crippen LogP contribution is 2.28. The number of anilines is 2. The first-order chi connectivity index (χ1) is 19.0. The van der Waals surface area contributed by atoms with Crippen LogP contribution in [0.5, 0.6) is 0 Å². The van der Waals surface area contributed by atoms with Crippen molar-refractivity contribution >= 4 is 40.1 Å². The molecule has 1 saturated heterocycles. The fourth-order valence-electron chi connectivity index (χ4n) is 4.99. The summed E-state index contributed by atoms with van der Waals surface area (Å²) in [5, 5.41) is 11.2. The van der Waals surface area contributed by atoms with Gasteiger partial charge in [0, 0.05) is 60.7 Å². The summed E-state index contributed by atoms with van der Waals surface area (Å²) < 4.78 is 31.7. The largest absolute Gasteiger partial charge is 0.490 e. The number of amides is 2. The van der Waals surface area contributed by atoms with Crippen molar-refractivity contribution in [2.75, 3.05) is 49.5 Å². The highest BCUT2D eigenvalue weighted by atomic mass is 19.4. The molecular weight excluding hydrogens is 527 g/mol. The van der Waals surface area contributed by atoms with E-state index in [2.05, 4.69) is 39.2 Å². The zero-order chi connectivity index (χ0) is 29.0. The molecule has 0 atom stereocenters. The molecule has 0 saturated carbocycles. The molecule has 3 aromatic rings. The molecule has 214 valence electrons. The zero-order valence-corrected chi connectivity index (χ0v) is 22.3. The molecule has 5 rings (SSSR count). The second kappa shape index (κ2) is 12.0. The molecule has 3 N–H and O–H groups in total. The lowest BCUT2D eigenvalue weighted by Crippen LogP contribution is -2.46. The van der Waals surface area contributed by atoms with Crippen LogP contribution in [-0.4, -0.2) is 83.1 Å². The maximum Gasteiger partial charge on any atom is 0.490 e. The Labute approximate surface area is 229 Å². The zero-order valence-electron chi connectivity index (χ0n) is 22.3. The van der Waals surface area contributed by atoms with Crippen LogP contribution in [0.15, 0.2) is 42.5 Å². The summed E-state index contributed by atoms with van der Waals surface area (Å²) in [5.74, 6) is -3.83. The first-order valence-electron chi connectivity index (χ1n) is 13.0. The van der Waals surface area contributed by atoms with Gasteiger partial charge < -0.3 is 30.1 Å². The standard InChI is InChI=1S/C26H31N5O2.C2HF3O2/c1-3-29-12-14-30(15-13-29)19-8-9-22(18(2)16-19)28-25(32)26(33)31-11-10-21-20-6-4-5-7-23(20)27-24(21)17-31;3-2(4,5)1(6)7/h4-9,16,27H,3,10-15,17H2,1-2H3,(H,28,32);(H,6,7). The molecular formula is C28H32F3N5O4. The van der Waals surface area contributed by atoms with Crippen molar-refractivity contribution in [1.29, 1.82) is 0 Å². The number of nitrogens with one attached hydrogen (secondary N) is 2. The molecule has 0 spiro atoms. The Bertz CT molecular complexity index is 1400. The summed E-state index contributed by atoms with van der Waals surface area (Å²) in [4.78, 5) is 44.4. The van der Waals surface area contributed by atoms with Crippen molar-refractivity contribution in [2.45, 2.75) is 33.0 Å². The molecule has 2 aromatic carbocycles. The summed E-state index contributed by atoms with van der Waals surface area (Å²) in [7, 11) is 0. The molecule has 9 nitrogen and oxygen atoms in total. The Hall–Kier alpha value is -4.06. The number of likely N-dealkylation sites (N-methyl/N-ethyl adjacent to an activating group) is 1. The number of carboxylic acids is 1. The van der Waals surface area contributed by atoms with Gasteiger partial charge in [0.2, 0.25) is 0 Å². The third-order valence-electron chi connectivity index (χ3n) is 7.25. The van der Waals surface area contributed by atoms with Crippen LogP contribution in [-0.2, 0) is 27.3 Å². The average molecular weight is 560 g/mol. The van der Waals surface area contributed by atoms with Crippen molar-refractivity contribution in [1.82, 2.24) is 14.8 Å². The number of halogens is 3. The van der Waals surface area contributed by atoms with Crippen molar-refractivity contribution in [3.63, 3.8) is 0 Å². The first-order valence-corrected chi connectivity index (χ1v) is 13.0. The van der Waals surface area contributed by atoms with Gasteiger partial charge in [-0.05, 0) is 55.3 Å². The monoisotopic (exact) mass is 559 g/mol. The van der Waals surface area contributed by atoms with Gasteiger partial charge in [0.1, 0.15) is 0 Å². The number of benzene rings is 2. The van der Waals surface area contributed by atoms with Crippen LogP contribution in [0.2, 0.25) is 0 Å². The summed E-state index contributed by atoms with van der Waals surface area (Å²) in [6, 6.07) is 14.2. The first kappa shape index (κ1) is 28.9. The fraction of sp³-hybridized carbons (Fsp3) is 0.393. The number of hydrogen-bond acceptors (Lipinski definition) is 5. The topological polar surface area (TPSA) is 109 Å². The number of aromatic amines is 1. The normalized spacial score (nSPS) is 15.7. The Morgan fingerprint density at radius 3 is 2.33 bits per heavy atom. The van der Waals surface area contributed by atoms with E-state index in [-0.39, 0.29) is 0 Å². The van der Waals surface area contributed by atoms with Gasteiger partial charge >= 0.3 is 24.0 Å². The molecule has 1 aromatic heterocycles. The number of H-pyrrole nitrogens is 1. The van der Waals surface area contributed by atoms with Crippen molar-refractivity contribution in [3.8, 4) is 0 Å². The fourth-order valence-corrected chi connectivity index (χ4v) is 4.99. The highest BCUT2D eigenvalue weighted by molar-refractivity contribution is 6.39. The van der Waals surface area contributed by atoms with Crippen LogP contribution in [0.3, 0.4) is 0 Å². The van der Waals surface area contributed by atoms with E-state index in [9.17, 15) is 22.8 Å². The summed E-state index contributed by atoms with van der Waals surface area (Å²) in [6.45, 7) is 10.4. The highest BCUT2D eigenvalue weighted by Gasteiger charge is 2.38. The van der Waals surface area contributed by atoms with E-state index < -0.39 is 24.0 Å². The van der Waals surface area contributed by atoms with Crippen LogP contribution in [0, 0.1) is 6.92 Å². The number of nitrogens with zero attached hydrogens (tertiary/aromatic N) is 3. The average Bonchev–Trinajstić information content (AvgIpc) is 3.31. The Morgan fingerprint density at radius 1 is 1.02 bits per heavy atom. The minimum absolute atomic E-state index is 0.428. The van der Waals surface area contributed by atoms with E-state index >= 15 is 0 Å². The van der Waals surface area contributed by atoms with E-state index in [4.69, 9.17) is 9.90 Å². The lowest BCUT2D eigenvalue weighted by molar-refractivity contribution is -0.192.